The quantitative estimate of drug-likeness (QED) is 0.448. The second-order valence-electron chi connectivity index (χ2n) is 2.89. The summed E-state index contributed by atoms with van der Waals surface area (Å²) in [6.07, 6.45) is -0.851. The molecule has 0 saturated carbocycles. The van der Waals surface area contributed by atoms with Crippen LogP contribution >= 0.6 is 25.3 Å². The summed E-state index contributed by atoms with van der Waals surface area (Å²) in [6.45, 7) is 1.07. The van der Waals surface area contributed by atoms with Crippen LogP contribution in [0.4, 0.5) is 0 Å². The molecular formula is C7H17NO2S2. The molecule has 12 heavy (non-hydrogen) atoms. The number of thiol groups is 2. The molecule has 0 heterocycles. The lowest BCUT2D eigenvalue weighted by atomic mass is 10.3. The maximum atomic E-state index is 9.20. The summed E-state index contributed by atoms with van der Waals surface area (Å²) in [5, 5.41) is 18.4. The van der Waals surface area contributed by atoms with Gasteiger partial charge in [-0.1, -0.05) is 0 Å². The fourth-order valence-electron chi connectivity index (χ4n) is 0.910. The van der Waals surface area contributed by atoms with E-state index in [1.165, 1.54) is 0 Å². The Morgan fingerprint density at radius 2 is 1.42 bits per heavy atom. The van der Waals surface area contributed by atoms with Crippen LogP contribution in [0.3, 0.4) is 0 Å². The van der Waals surface area contributed by atoms with Gasteiger partial charge in [0, 0.05) is 24.6 Å². The van der Waals surface area contributed by atoms with Crippen molar-refractivity contribution >= 4 is 25.3 Å². The van der Waals surface area contributed by atoms with E-state index in [2.05, 4.69) is 25.3 Å². The van der Waals surface area contributed by atoms with Crippen molar-refractivity contribution in [3.05, 3.63) is 0 Å². The molecule has 0 fully saturated rings. The Labute approximate surface area is 84.6 Å². The highest BCUT2D eigenvalue weighted by molar-refractivity contribution is 7.80. The molecule has 0 aromatic carbocycles. The number of hydrogen-bond acceptors (Lipinski definition) is 5. The number of likely N-dealkylation sites (N-methyl/N-ethyl adjacent to an activating group) is 1. The van der Waals surface area contributed by atoms with Gasteiger partial charge in [-0.25, -0.2) is 0 Å². The Balaban J connectivity index is 3.51. The average Bonchev–Trinajstić information content (AvgIpc) is 2.03. The number of aliphatic hydroxyl groups is 2. The van der Waals surface area contributed by atoms with Crippen LogP contribution in [0.5, 0.6) is 0 Å². The summed E-state index contributed by atoms with van der Waals surface area (Å²) >= 11 is 7.90. The van der Waals surface area contributed by atoms with E-state index >= 15 is 0 Å². The molecule has 0 spiro atoms. The number of hydrogen-bond donors (Lipinski definition) is 4. The molecule has 2 unspecified atom stereocenters. The molecule has 0 amide bonds. The highest BCUT2D eigenvalue weighted by Gasteiger charge is 2.09. The van der Waals surface area contributed by atoms with Crippen LogP contribution in [-0.4, -0.2) is 59.0 Å². The van der Waals surface area contributed by atoms with Crippen LogP contribution in [0.15, 0.2) is 0 Å². The van der Waals surface area contributed by atoms with Gasteiger partial charge >= 0.3 is 0 Å². The molecule has 0 rings (SSSR count). The van der Waals surface area contributed by atoms with Gasteiger partial charge in [0.15, 0.2) is 0 Å². The highest BCUT2D eigenvalue weighted by Crippen LogP contribution is 1.95. The topological polar surface area (TPSA) is 43.7 Å². The zero-order chi connectivity index (χ0) is 9.56. The van der Waals surface area contributed by atoms with Crippen LogP contribution in [-0.2, 0) is 0 Å². The molecule has 0 aliphatic carbocycles. The zero-order valence-corrected chi connectivity index (χ0v) is 9.01. The van der Waals surface area contributed by atoms with Crippen LogP contribution in [0.25, 0.3) is 0 Å². The van der Waals surface area contributed by atoms with Gasteiger partial charge in [-0.15, -0.1) is 0 Å². The highest BCUT2D eigenvalue weighted by atomic mass is 32.1. The Hall–Kier alpha value is 0.580. The third-order valence-electron chi connectivity index (χ3n) is 1.47. The van der Waals surface area contributed by atoms with Gasteiger partial charge in [0.05, 0.1) is 12.2 Å². The van der Waals surface area contributed by atoms with E-state index in [1.54, 1.807) is 0 Å². The average molecular weight is 211 g/mol. The zero-order valence-electron chi connectivity index (χ0n) is 7.22. The molecular weight excluding hydrogens is 194 g/mol. The van der Waals surface area contributed by atoms with Crippen molar-refractivity contribution in [2.45, 2.75) is 12.2 Å². The van der Waals surface area contributed by atoms with E-state index in [1.807, 2.05) is 11.9 Å². The van der Waals surface area contributed by atoms with Gasteiger partial charge in [-0.2, -0.15) is 25.3 Å². The molecule has 0 aromatic heterocycles. The van der Waals surface area contributed by atoms with E-state index in [-0.39, 0.29) is 0 Å². The van der Waals surface area contributed by atoms with E-state index in [4.69, 9.17) is 0 Å². The lowest BCUT2D eigenvalue weighted by molar-refractivity contribution is 0.103. The minimum atomic E-state index is -0.426. The Morgan fingerprint density at radius 3 is 1.67 bits per heavy atom. The molecule has 0 bridgehead atoms. The third-order valence-corrected chi connectivity index (χ3v) is 2.31. The first-order chi connectivity index (χ1) is 5.60. The fraction of sp³-hybridized carbons (Fsp3) is 1.00. The number of nitrogens with zero attached hydrogens (tertiary/aromatic N) is 1. The van der Waals surface area contributed by atoms with Gasteiger partial charge in [0.25, 0.3) is 0 Å². The van der Waals surface area contributed by atoms with Crippen molar-refractivity contribution in [3.63, 3.8) is 0 Å². The lowest BCUT2D eigenvalue weighted by Gasteiger charge is -2.21. The third kappa shape index (κ3) is 6.14. The second-order valence-corrected chi connectivity index (χ2v) is 3.62. The van der Waals surface area contributed by atoms with Crippen LogP contribution in [0, 0.1) is 0 Å². The van der Waals surface area contributed by atoms with E-state index < -0.39 is 12.2 Å². The van der Waals surface area contributed by atoms with Crippen LogP contribution in [0.2, 0.25) is 0 Å². The largest absolute Gasteiger partial charge is 0.391 e. The van der Waals surface area contributed by atoms with Gasteiger partial charge < -0.3 is 15.1 Å². The maximum Gasteiger partial charge on any atom is 0.0754 e. The normalized spacial score (nSPS) is 16.5. The van der Waals surface area contributed by atoms with Crippen molar-refractivity contribution in [1.29, 1.82) is 0 Å². The van der Waals surface area contributed by atoms with E-state index in [0.29, 0.717) is 24.6 Å². The molecule has 0 radical (unpaired) electrons. The predicted octanol–water partition coefficient (Wildman–Crippen LogP) is -0.500. The first-order valence-corrected chi connectivity index (χ1v) is 5.13. The minimum Gasteiger partial charge on any atom is -0.391 e. The summed E-state index contributed by atoms with van der Waals surface area (Å²) in [4.78, 5) is 1.86. The standard InChI is InChI=1S/C7H17NO2S2/c1-8(2-6(9)4-11)3-7(10)5-12/h6-7,9-12H,2-5H2,1H3. The molecule has 0 aliphatic rings. The molecule has 2 atom stereocenters. The molecule has 0 aliphatic heterocycles. The fourth-order valence-corrected chi connectivity index (χ4v) is 1.14. The van der Waals surface area contributed by atoms with Crippen molar-refractivity contribution < 1.29 is 10.2 Å². The molecule has 74 valence electrons. The van der Waals surface area contributed by atoms with E-state index in [9.17, 15) is 10.2 Å². The first-order valence-electron chi connectivity index (χ1n) is 3.86. The smallest absolute Gasteiger partial charge is 0.0754 e. The van der Waals surface area contributed by atoms with Crippen LogP contribution in [0.1, 0.15) is 0 Å². The SMILES string of the molecule is CN(CC(O)CS)CC(O)CS. The molecule has 3 nitrogen and oxygen atoms in total. The Kier molecular flexibility index (Phi) is 7.37. The summed E-state index contributed by atoms with van der Waals surface area (Å²) < 4.78 is 0. The molecule has 0 saturated heterocycles. The summed E-state index contributed by atoms with van der Waals surface area (Å²) in [7, 11) is 1.85. The summed E-state index contributed by atoms with van der Waals surface area (Å²) in [5.74, 6) is 0.891. The van der Waals surface area contributed by atoms with Gasteiger partial charge in [0.2, 0.25) is 0 Å². The van der Waals surface area contributed by atoms with E-state index in [0.717, 1.165) is 0 Å². The van der Waals surface area contributed by atoms with Crippen molar-refractivity contribution in [2.75, 3.05) is 31.6 Å². The summed E-state index contributed by atoms with van der Waals surface area (Å²) in [5.41, 5.74) is 0. The van der Waals surface area contributed by atoms with Gasteiger partial charge in [0.1, 0.15) is 0 Å². The second kappa shape index (κ2) is 7.03. The Bertz CT molecular complexity index is 104. The molecule has 2 N–H and O–H groups in total. The first kappa shape index (κ1) is 12.6. The summed E-state index contributed by atoms with van der Waals surface area (Å²) in [6, 6.07) is 0. The monoisotopic (exact) mass is 211 g/mol. The van der Waals surface area contributed by atoms with Crippen molar-refractivity contribution in [2.24, 2.45) is 0 Å². The minimum absolute atomic E-state index is 0.426. The van der Waals surface area contributed by atoms with Crippen molar-refractivity contribution in [1.82, 2.24) is 4.90 Å². The molecule has 0 aromatic rings. The Morgan fingerprint density at radius 1 is 1.08 bits per heavy atom. The molecule has 5 heteroatoms. The van der Waals surface area contributed by atoms with Crippen molar-refractivity contribution in [3.8, 4) is 0 Å². The van der Waals surface area contributed by atoms with Crippen LogP contribution < -0.4 is 0 Å². The number of rotatable bonds is 6. The number of aliphatic hydroxyl groups excluding tert-OH is 2. The van der Waals surface area contributed by atoms with Gasteiger partial charge in [-0.05, 0) is 7.05 Å². The van der Waals surface area contributed by atoms with Gasteiger partial charge in [-0.3, -0.25) is 0 Å². The maximum absolute atomic E-state index is 9.20. The predicted molar refractivity (Wildman–Crippen MR) is 57.2 cm³/mol. The lowest BCUT2D eigenvalue weighted by Crippen LogP contribution is -2.36.